The Morgan fingerprint density at radius 3 is 2.95 bits per heavy atom. The molecule has 10 heteroatoms. The molecular formula is C28H25F2N5O3. The molecule has 2 aliphatic rings. The number of alkyl halides is 2. The Balaban J connectivity index is 1.34. The number of rotatable bonds is 5. The molecular weight excluding hydrogens is 492 g/mol. The Hall–Kier alpha value is -4.52. The largest absolute Gasteiger partial charge is 0.490 e. The Bertz CT molecular complexity index is 1500. The summed E-state index contributed by atoms with van der Waals surface area (Å²) in [7, 11) is 0. The summed E-state index contributed by atoms with van der Waals surface area (Å²) in [6.45, 7) is 2.04. The molecule has 1 saturated heterocycles. The molecule has 3 heterocycles. The van der Waals surface area contributed by atoms with Gasteiger partial charge in [0.1, 0.15) is 18.4 Å². The van der Waals surface area contributed by atoms with E-state index in [1.165, 1.54) is 6.20 Å². The molecule has 2 aliphatic heterocycles. The average Bonchev–Trinajstić information content (AvgIpc) is 3.25. The molecule has 1 aromatic heterocycles. The summed E-state index contributed by atoms with van der Waals surface area (Å²) >= 11 is 0. The molecule has 1 atom stereocenters. The fourth-order valence-electron chi connectivity index (χ4n) is 4.71. The second-order valence-corrected chi connectivity index (χ2v) is 9.36. The van der Waals surface area contributed by atoms with Gasteiger partial charge in [0.25, 0.3) is 11.8 Å². The summed E-state index contributed by atoms with van der Waals surface area (Å²) in [5, 5.41) is 15.5. The highest BCUT2D eigenvalue weighted by atomic mass is 19.3. The molecule has 2 N–H and O–H groups in total. The van der Waals surface area contributed by atoms with E-state index >= 15 is 0 Å². The highest BCUT2D eigenvalue weighted by Gasteiger charge is 2.47. The van der Waals surface area contributed by atoms with Gasteiger partial charge in [-0.1, -0.05) is 18.2 Å². The number of nitriles is 1. The quantitative estimate of drug-likeness (QED) is 0.494. The molecule has 0 radical (unpaired) electrons. The number of anilines is 1. The second kappa shape index (κ2) is 10.1. The Morgan fingerprint density at radius 1 is 1.29 bits per heavy atom. The fraction of sp³-hybridized carbons (Fsp3) is 0.286. The van der Waals surface area contributed by atoms with Gasteiger partial charge >= 0.3 is 0 Å². The number of benzene rings is 2. The molecule has 3 aromatic rings. The number of pyridine rings is 1. The average molecular weight is 518 g/mol. The number of carbonyl (C=O) groups excluding carboxylic acids is 2. The van der Waals surface area contributed by atoms with Crippen LogP contribution in [-0.4, -0.2) is 59.9 Å². The van der Waals surface area contributed by atoms with Gasteiger partial charge in [0.05, 0.1) is 35.9 Å². The maximum absolute atomic E-state index is 13.7. The van der Waals surface area contributed by atoms with E-state index in [0.717, 1.165) is 39.6 Å². The van der Waals surface area contributed by atoms with Gasteiger partial charge in [-0.2, -0.15) is 5.26 Å². The van der Waals surface area contributed by atoms with Crippen LogP contribution in [0.4, 0.5) is 14.5 Å². The minimum absolute atomic E-state index is 0.299. The zero-order valence-corrected chi connectivity index (χ0v) is 20.6. The van der Waals surface area contributed by atoms with E-state index in [4.69, 9.17) is 10.00 Å². The monoisotopic (exact) mass is 517 g/mol. The molecule has 2 aromatic carbocycles. The van der Waals surface area contributed by atoms with Crippen LogP contribution in [0.5, 0.6) is 5.75 Å². The van der Waals surface area contributed by atoms with Crippen LogP contribution in [0.2, 0.25) is 0 Å². The molecule has 0 aliphatic carbocycles. The van der Waals surface area contributed by atoms with E-state index in [9.17, 15) is 18.4 Å². The highest BCUT2D eigenvalue weighted by molar-refractivity contribution is 6.07. The van der Waals surface area contributed by atoms with Crippen LogP contribution < -0.4 is 15.4 Å². The van der Waals surface area contributed by atoms with E-state index < -0.39 is 43.3 Å². The third kappa shape index (κ3) is 5.13. The van der Waals surface area contributed by atoms with Crippen molar-refractivity contribution in [3.8, 4) is 11.8 Å². The zero-order valence-electron chi connectivity index (χ0n) is 20.6. The lowest BCUT2D eigenvalue weighted by molar-refractivity contribution is -0.131. The normalized spacial score (nSPS) is 18.2. The van der Waals surface area contributed by atoms with Crippen LogP contribution >= 0.6 is 0 Å². The topological polar surface area (TPSA) is 107 Å². The van der Waals surface area contributed by atoms with Crippen LogP contribution in [0.25, 0.3) is 22.6 Å². The van der Waals surface area contributed by atoms with Crippen LogP contribution in [0.15, 0.2) is 48.7 Å². The first kappa shape index (κ1) is 25.1. The molecule has 8 nitrogen and oxygen atoms in total. The van der Waals surface area contributed by atoms with Crippen molar-refractivity contribution in [3.63, 3.8) is 0 Å². The van der Waals surface area contributed by atoms with Gasteiger partial charge in [-0.25, -0.2) is 8.78 Å². The summed E-state index contributed by atoms with van der Waals surface area (Å²) in [4.78, 5) is 30.6. The first-order valence-electron chi connectivity index (χ1n) is 12.2. The van der Waals surface area contributed by atoms with Crippen molar-refractivity contribution in [3.05, 3.63) is 65.4 Å². The molecule has 1 fully saturated rings. The Labute approximate surface area is 217 Å². The van der Waals surface area contributed by atoms with Crippen molar-refractivity contribution in [1.82, 2.24) is 15.2 Å². The Kier molecular flexibility index (Phi) is 6.68. The van der Waals surface area contributed by atoms with E-state index in [-0.39, 0.29) is 0 Å². The van der Waals surface area contributed by atoms with Crippen LogP contribution in [-0.2, 0) is 4.79 Å². The van der Waals surface area contributed by atoms with Crippen LogP contribution in [0.3, 0.4) is 0 Å². The lowest BCUT2D eigenvalue weighted by Crippen LogP contribution is -2.43. The summed E-state index contributed by atoms with van der Waals surface area (Å²) in [5.41, 5.74) is 4.69. The van der Waals surface area contributed by atoms with E-state index in [1.54, 1.807) is 18.2 Å². The van der Waals surface area contributed by atoms with Crippen LogP contribution in [0, 0.1) is 11.3 Å². The number of hydrogen-bond donors (Lipinski definition) is 2. The van der Waals surface area contributed by atoms with Gasteiger partial charge in [-0.05, 0) is 54.0 Å². The van der Waals surface area contributed by atoms with Crippen molar-refractivity contribution in [2.45, 2.75) is 25.3 Å². The molecule has 0 bridgehead atoms. The first-order valence-corrected chi connectivity index (χ1v) is 12.2. The van der Waals surface area contributed by atoms with Gasteiger partial charge in [0.2, 0.25) is 5.91 Å². The third-order valence-corrected chi connectivity index (χ3v) is 6.64. The number of aromatic nitrogens is 1. The standard InChI is InChI=1S/C28H25F2N5O3/c1-17(19-3-5-24-25(12-19)38-9-8-33-24)10-18-2-4-23-22(11-18)21(6-7-32-23)27(37)34-15-26(36)35-16-28(29,30)13-20(35)14-31/h2-7,10-12,20,33H,8-9,13,15-16H2,1H3,(H,34,37)/b17-10+/t20-/m0/s1. The number of fused-ring (bicyclic) bond motifs is 2. The maximum atomic E-state index is 13.7. The summed E-state index contributed by atoms with van der Waals surface area (Å²) in [6.07, 6.45) is 2.78. The molecule has 0 unspecified atom stereocenters. The van der Waals surface area contributed by atoms with Gasteiger partial charge in [-0.3, -0.25) is 14.6 Å². The molecule has 0 spiro atoms. The molecule has 5 rings (SSSR count). The summed E-state index contributed by atoms with van der Waals surface area (Å²) in [6, 6.07) is 13.6. The maximum Gasteiger partial charge on any atom is 0.268 e. The highest BCUT2D eigenvalue weighted by Crippen LogP contribution is 2.33. The number of ether oxygens (including phenoxy) is 1. The molecule has 2 amide bonds. The van der Waals surface area contributed by atoms with Crippen molar-refractivity contribution < 1.29 is 23.1 Å². The lowest BCUT2D eigenvalue weighted by Gasteiger charge is -2.20. The Morgan fingerprint density at radius 2 is 2.13 bits per heavy atom. The smallest absolute Gasteiger partial charge is 0.268 e. The van der Waals surface area contributed by atoms with Crippen LogP contribution in [0.1, 0.15) is 34.8 Å². The molecule has 194 valence electrons. The SMILES string of the molecule is C/C(=C\c1ccc2nccc(C(=O)NCC(=O)N3CC(F)(F)C[C@H]3C#N)c2c1)c1ccc2c(c1)OCCN2. The minimum Gasteiger partial charge on any atom is -0.490 e. The number of amides is 2. The van der Waals surface area contributed by atoms with Crippen molar-refractivity contribution in [2.24, 2.45) is 0 Å². The third-order valence-electron chi connectivity index (χ3n) is 6.64. The number of halogens is 2. The van der Waals surface area contributed by atoms with E-state index in [0.29, 0.717) is 23.1 Å². The number of allylic oxidation sites excluding steroid dienone is 1. The first-order chi connectivity index (χ1) is 18.2. The van der Waals surface area contributed by atoms with Gasteiger partial charge in [0.15, 0.2) is 0 Å². The second-order valence-electron chi connectivity index (χ2n) is 9.36. The molecule has 38 heavy (non-hydrogen) atoms. The summed E-state index contributed by atoms with van der Waals surface area (Å²) in [5.74, 6) is -3.59. The number of hydrogen-bond acceptors (Lipinski definition) is 6. The number of carbonyl (C=O) groups is 2. The lowest BCUT2D eigenvalue weighted by atomic mass is 10.0. The van der Waals surface area contributed by atoms with Crippen molar-refractivity contribution >= 4 is 40.1 Å². The van der Waals surface area contributed by atoms with E-state index in [2.05, 4.69) is 15.6 Å². The fourth-order valence-corrected chi connectivity index (χ4v) is 4.71. The van der Waals surface area contributed by atoms with Crippen molar-refractivity contribution in [1.29, 1.82) is 5.26 Å². The number of nitrogens with one attached hydrogen (secondary N) is 2. The number of likely N-dealkylation sites (tertiary alicyclic amines) is 1. The molecule has 0 saturated carbocycles. The van der Waals surface area contributed by atoms with E-state index in [1.807, 2.05) is 43.3 Å². The van der Waals surface area contributed by atoms with Crippen molar-refractivity contribution in [2.75, 3.05) is 31.6 Å². The zero-order chi connectivity index (χ0) is 26.9. The predicted octanol–water partition coefficient (Wildman–Crippen LogP) is 4.09. The van der Waals surface area contributed by atoms with Gasteiger partial charge in [-0.15, -0.1) is 0 Å². The van der Waals surface area contributed by atoms with Gasteiger partial charge < -0.3 is 20.3 Å². The summed E-state index contributed by atoms with van der Waals surface area (Å²) < 4.78 is 33.1. The minimum atomic E-state index is -3.12. The predicted molar refractivity (Wildman–Crippen MR) is 139 cm³/mol. The number of nitrogens with zero attached hydrogens (tertiary/aromatic N) is 3. The van der Waals surface area contributed by atoms with Gasteiger partial charge in [0, 0.05) is 24.5 Å².